The summed E-state index contributed by atoms with van der Waals surface area (Å²) in [6, 6.07) is 14.5. The highest BCUT2D eigenvalue weighted by Crippen LogP contribution is 2.27. The van der Waals surface area contributed by atoms with Gasteiger partial charge in [-0.05, 0) is 42.3 Å². The van der Waals surface area contributed by atoms with E-state index in [9.17, 15) is 4.79 Å². The quantitative estimate of drug-likeness (QED) is 0.743. The van der Waals surface area contributed by atoms with Crippen LogP contribution in [0.25, 0.3) is 0 Å². The highest BCUT2D eigenvalue weighted by molar-refractivity contribution is 7.09. The van der Waals surface area contributed by atoms with Gasteiger partial charge in [-0.3, -0.25) is 4.79 Å². The number of amides is 1. The average molecular weight is 373 g/mol. The molecule has 0 spiro atoms. The molecule has 2 aromatic rings. The Balaban J connectivity index is 1.65. The fourth-order valence-electron chi connectivity index (χ4n) is 3.83. The van der Waals surface area contributed by atoms with Crippen LogP contribution in [0, 0.1) is 5.92 Å². The number of benzene rings is 1. The summed E-state index contributed by atoms with van der Waals surface area (Å²) < 4.78 is 5.13. The van der Waals surface area contributed by atoms with Crippen LogP contribution in [-0.4, -0.2) is 50.2 Å². The molecule has 0 bridgehead atoms. The number of thiophene rings is 1. The smallest absolute Gasteiger partial charge is 0.253 e. The van der Waals surface area contributed by atoms with Crippen molar-refractivity contribution in [3.05, 3.63) is 52.7 Å². The summed E-state index contributed by atoms with van der Waals surface area (Å²) in [5.41, 5.74) is 0.971. The van der Waals surface area contributed by atoms with Crippen molar-refractivity contribution in [3.63, 3.8) is 0 Å². The molecule has 5 heteroatoms. The molecule has 1 saturated heterocycles. The lowest BCUT2D eigenvalue weighted by Gasteiger charge is -2.42. The first-order valence-corrected chi connectivity index (χ1v) is 10.2. The van der Waals surface area contributed by atoms with Gasteiger partial charge in [0.2, 0.25) is 0 Å². The van der Waals surface area contributed by atoms with Crippen molar-refractivity contribution >= 4 is 22.9 Å². The molecular weight excluding hydrogens is 344 g/mol. The molecule has 0 saturated carbocycles. The summed E-state index contributed by atoms with van der Waals surface area (Å²) in [5.74, 6) is 0.468. The fraction of sp³-hybridized carbons (Fsp3) is 0.476. The number of ether oxygens (including phenoxy) is 1. The molecule has 3 rings (SSSR count). The minimum atomic E-state index is 0.0441. The van der Waals surface area contributed by atoms with Gasteiger partial charge in [0.15, 0.2) is 0 Å². The minimum absolute atomic E-state index is 0.0441. The number of piperidine rings is 1. The number of anilines is 1. The van der Waals surface area contributed by atoms with E-state index in [0.29, 0.717) is 5.92 Å². The van der Waals surface area contributed by atoms with Crippen molar-refractivity contribution in [2.24, 2.45) is 5.92 Å². The van der Waals surface area contributed by atoms with Crippen LogP contribution in [-0.2, 0) is 16.0 Å². The lowest BCUT2D eigenvalue weighted by atomic mass is 9.91. The predicted octanol–water partition coefficient (Wildman–Crippen LogP) is 3.68. The molecule has 1 aliphatic heterocycles. The topological polar surface area (TPSA) is 32.8 Å². The third kappa shape index (κ3) is 4.72. The first-order valence-electron chi connectivity index (χ1n) is 9.30. The van der Waals surface area contributed by atoms with Gasteiger partial charge in [0.05, 0.1) is 0 Å². The molecule has 1 fully saturated rings. The van der Waals surface area contributed by atoms with Crippen molar-refractivity contribution in [3.8, 4) is 0 Å². The van der Waals surface area contributed by atoms with Gasteiger partial charge in [0.1, 0.15) is 6.61 Å². The van der Waals surface area contributed by atoms with E-state index >= 15 is 0 Å². The van der Waals surface area contributed by atoms with Crippen LogP contribution in [0.4, 0.5) is 5.69 Å². The van der Waals surface area contributed by atoms with Gasteiger partial charge < -0.3 is 14.5 Å². The fourth-order valence-corrected chi connectivity index (χ4v) is 4.53. The van der Waals surface area contributed by atoms with Crippen LogP contribution in [0.15, 0.2) is 47.8 Å². The summed E-state index contributed by atoms with van der Waals surface area (Å²) in [6.07, 6.45) is 2.11. The molecule has 4 nitrogen and oxygen atoms in total. The van der Waals surface area contributed by atoms with Crippen molar-refractivity contribution < 1.29 is 9.53 Å². The molecule has 140 valence electrons. The van der Waals surface area contributed by atoms with Gasteiger partial charge in [0, 0.05) is 43.4 Å². The van der Waals surface area contributed by atoms with E-state index in [4.69, 9.17) is 4.74 Å². The molecule has 0 N–H and O–H groups in total. The Bertz CT molecular complexity index is 675. The zero-order valence-corrected chi connectivity index (χ0v) is 16.5. The highest BCUT2D eigenvalue weighted by Gasteiger charge is 2.33. The van der Waals surface area contributed by atoms with Gasteiger partial charge in [-0.2, -0.15) is 0 Å². The van der Waals surface area contributed by atoms with E-state index in [1.54, 1.807) is 7.11 Å². The molecule has 1 amide bonds. The Morgan fingerprint density at radius 1 is 1.27 bits per heavy atom. The molecule has 0 aliphatic carbocycles. The van der Waals surface area contributed by atoms with E-state index < -0.39 is 0 Å². The van der Waals surface area contributed by atoms with Crippen LogP contribution in [0.5, 0.6) is 0 Å². The maximum absolute atomic E-state index is 12.7. The first kappa shape index (κ1) is 19.1. The first-order chi connectivity index (χ1) is 12.7. The van der Waals surface area contributed by atoms with E-state index in [0.717, 1.165) is 38.2 Å². The lowest BCUT2D eigenvalue weighted by Crippen LogP contribution is -2.53. The van der Waals surface area contributed by atoms with E-state index in [1.165, 1.54) is 4.88 Å². The second-order valence-electron chi connectivity index (χ2n) is 7.00. The number of methoxy groups -OCH3 is 1. The lowest BCUT2D eigenvalue weighted by molar-refractivity contribution is -0.123. The van der Waals surface area contributed by atoms with Crippen LogP contribution >= 0.6 is 11.3 Å². The highest BCUT2D eigenvalue weighted by atomic mass is 32.1. The van der Waals surface area contributed by atoms with Gasteiger partial charge >= 0.3 is 0 Å². The molecule has 2 unspecified atom stereocenters. The summed E-state index contributed by atoms with van der Waals surface area (Å²) in [6.45, 7) is 5.54. The summed E-state index contributed by atoms with van der Waals surface area (Å²) in [4.78, 5) is 18.7. The number of rotatable bonds is 7. The minimum Gasteiger partial charge on any atom is -0.375 e. The number of para-hydroxylation sites is 1. The molecule has 1 aromatic carbocycles. The zero-order chi connectivity index (χ0) is 18.4. The monoisotopic (exact) mass is 372 g/mol. The standard InChI is InChI=1S/C21H28N2O2S/c1-17-15-22(12-10-19-9-6-14-26-19)13-11-20(17)23(21(24)16-25-2)18-7-4-3-5-8-18/h3-9,14,17,20H,10-13,15-16H2,1-2H3. The van der Waals surface area contributed by atoms with Crippen molar-refractivity contribution in [1.29, 1.82) is 0 Å². The maximum Gasteiger partial charge on any atom is 0.253 e. The van der Waals surface area contributed by atoms with Crippen molar-refractivity contribution in [1.82, 2.24) is 4.90 Å². The van der Waals surface area contributed by atoms with Crippen molar-refractivity contribution in [2.45, 2.75) is 25.8 Å². The van der Waals surface area contributed by atoms with E-state index in [2.05, 4.69) is 29.3 Å². The largest absolute Gasteiger partial charge is 0.375 e. The molecule has 0 radical (unpaired) electrons. The Hall–Kier alpha value is -1.69. The second-order valence-corrected chi connectivity index (χ2v) is 8.03. The van der Waals surface area contributed by atoms with Crippen LogP contribution < -0.4 is 4.90 Å². The maximum atomic E-state index is 12.7. The average Bonchev–Trinajstić information content (AvgIpc) is 3.17. The number of nitrogens with zero attached hydrogens (tertiary/aromatic N) is 2. The Kier molecular flexibility index (Phi) is 6.83. The second kappa shape index (κ2) is 9.31. The Morgan fingerprint density at radius 2 is 2.08 bits per heavy atom. The van der Waals surface area contributed by atoms with Gasteiger partial charge in [0.25, 0.3) is 5.91 Å². The number of likely N-dealkylation sites (tertiary alicyclic amines) is 1. The summed E-state index contributed by atoms with van der Waals surface area (Å²) in [7, 11) is 1.58. The van der Waals surface area contributed by atoms with Crippen molar-refractivity contribution in [2.75, 3.05) is 38.3 Å². The number of hydrogen-bond acceptors (Lipinski definition) is 4. The Labute approximate surface area is 160 Å². The number of carbonyl (C=O) groups excluding carboxylic acids is 1. The van der Waals surface area contributed by atoms with Gasteiger partial charge in [-0.1, -0.05) is 31.2 Å². The van der Waals surface area contributed by atoms with Crippen LogP contribution in [0.2, 0.25) is 0 Å². The van der Waals surface area contributed by atoms with Crippen LogP contribution in [0.3, 0.4) is 0 Å². The summed E-state index contributed by atoms with van der Waals surface area (Å²) >= 11 is 1.83. The third-order valence-corrected chi connectivity index (χ3v) is 6.04. The normalized spacial score (nSPS) is 20.8. The van der Waals surface area contributed by atoms with E-state index in [-0.39, 0.29) is 18.6 Å². The third-order valence-electron chi connectivity index (χ3n) is 5.10. The molecule has 1 aromatic heterocycles. The molecule has 26 heavy (non-hydrogen) atoms. The zero-order valence-electron chi connectivity index (χ0n) is 15.6. The Morgan fingerprint density at radius 3 is 2.73 bits per heavy atom. The molecule has 2 heterocycles. The van der Waals surface area contributed by atoms with Gasteiger partial charge in [-0.25, -0.2) is 0 Å². The number of hydrogen-bond donors (Lipinski definition) is 0. The molecule has 1 aliphatic rings. The molecular formula is C21H28N2O2S. The SMILES string of the molecule is COCC(=O)N(c1ccccc1)C1CCN(CCc2cccs2)CC1C. The summed E-state index contributed by atoms with van der Waals surface area (Å²) in [5, 5.41) is 2.14. The van der Waals surface area contributed by atoms with Gasteiger partial charge in [-0.15, -0.1) is 11.3 Å². The van der Waals surface area contributed by atoms with Crippen LogP contribution in [0.1, 0.15) is 18.2 Å². The van der Waals surface area contributed by atoms with E-state index in [1.807, 2.05) is 46.6 Å². The molecule has 2 atom stereocenters. The number of carbonyl (C=O) groups is 1. The predicted molar refractivity (Wildman–Crippen MR) is 108 cm³/mol.